The topological polar surface area (TPSA) is 128 Å². The molecule has 0 saturated heterocycles. The molecule has 0 bridgehead atoms. The van der Waals surface area contributed by atoms with Crippen LogP contribution in [-0.2, 0) is 4.79 Å². The summed E-state index contributed by atoms with van der Waals surface area (Å²) >= 11 is 0. The average Bonchev–Trinajstić information content (AvgIpc) is 3.49. The van der Waals surface area contributed by atoms with Gasteiger partial charge in [-0.3, -0.25) is 4.79 Å². The van der Waals surface area contributed by atoms with Gasteiger partial charge in [-0.1, -0.05) is 44.7 Å². The second-order valence-electron chi connectivity index (χ2n) is 7.76. The van der Waals surface area contributed by atoms with Crippen LogP contribution in [0, 0.1) is 0 Å². The Hall–Kier alpha value is -4.08. The number of carbonyl (C=O) groups excluding carboxylic acids is 1. The van der Waals surface area contributed by atoms with E-state index in [1.165, 1.54) is 11.1 Å². The zero-order chi connectivity index (χ0) is 23.2. The van der Waals surface area contributed by atoms with Crippen molar-refractivity contribution in [2.75, 3.05) is 5.32 Å². The van der Waals surface area contributed by atoms with Crippen molar-refractivity contribution in [3.8, 4) is 5.69 Å². The number of tetrazole rings is 1. The summed E-state index contributed by atoms with van der Waals surface area (Å²) in [6.45, 7) is 2.12. The van der Waals surface area contributed by atoms with Crippen LogP contribution in [0.25, 0.3) is 16.7 Å². The largest absolute Gasteiger partial charge is 0.480 e. The normalized spacial score (nSPS) is 12.0. The number of benzene rings is 2. The van der Waals surface area contributed by atoms with E-state index in [2.05, 4.69) is 32.6 Å². The van der Waals surface area contributed by atoms with Gasteiger partial charge < -0.3 is 15.0 Å². The molecule has 0 fully saturated rings. The molecule has 170 valence electrons. The van der Waals surface area contributed by atoms with E-state index in [1.54, 1.807) is 53.4 Å². The van der Waals surface area contributed by atoms with Gasteiger partial charge in [-0.25, -0.2) is 9.78 Å². The number of amides is 1. The molecule has 10 nitrogen and oxygen atoms in total. The van der Waals surface area contributed by atoms with Crippen LogP contribution in [-0.4, -0.2) is 46.7 Å². The van der Waals surface area contributed by atoms with Crippen molar-refractivity contribution >= 4 is 28.6 Å². The van der Waals surface area contributed by atoms with Crippen LogP contribution in [0.5, 0.6) is 0 Å². The molecule has 2 aromatic carbocycles. The predicted octanol–water partition coefficient (Wildman–Crippen LogP) is 3.86. The highest BCUT2D eigenvalue weighted by atomic mass is 16.4. The standard InChI is InChI=1S/C23H25N7O3/c1-2-3-4-5-10-21(23(32)33)29-15-24-18-13-16(11-12-20(18)29)27-22(31)17-8-6-7-9-19(17)30-26-14-25-28-30/h6-9,11-15,21H,2-5,10H2,1H3,(H,27,31)(H,32,33). The number of nitrogens with one attached hydrogen (secondary N) is 1. The molecule has 4 aromatic rings. The molecule has 2 heterocycles. The second-order valence-corrected chi connectivity index (χ2v) is 7.76. The molecule has 2 aromatic heterocycles. The molecule has 0 radical (unpaired) electrons. The molecule has 33 heavy (non-hydrogen) atoms. The Labute approximate surface area is 190 Å². The third kappa shape index (κ3) is 4.89. The highest BCUT2D eigenvalue weighted by molar-refractivity contribution is 6.07. The van der Waals surface area contributed by atoms with E-state index in [1.807, 2.05) is 0 Å². The first-order chi connectivity index (χ1) is 16.1. The number of unbranched alkanes of at least 4 members (excludes halogenated alkanes) is 3. The maximum Gasteiger partial charge on any atom is 0.326 e. The number of hydrogen-bond donors (Lipinski definition) is 2. The highest BCUT2D eigenvalue weighted by Gasteiger charge is 2.21. The number of para-hydroxylation sites is 1. The minimum atomic E-state index is -0.874. The Kier molecular flexibility index (Phi) is 6.72. The number of carbonyl (C=O) groups is 2. The lowest BCUT2D eigenvalue weighted by Crippen LogP contribution is -2.18. The fraction of sp³-hybridized carbons (Fsp3) is 0.304. The van der Waals surface area contributed by atoms with Crippen molar-refractivity contribution in [3.63, 3.8) is 0 Å². The molecule has 1 atom stereocenters. The number of anilines is 1. The maximum absolute atomic E-state index is 12.9. The van der Waals surface area contributed by atoms with Gasteiger partial charge in [0.05, 0.1) is 22.9 Å². The van der Waals surface area contributed by atoms with E-state index < -0.39 is 12.0 Å². The van der Waals surface area contributed by atoms with Crippen molar-refractivity contribution in [1.29, 1.82) is 0 Å². The highest BCUT2D eigenvalue weighted by Crippen LogP contribution is 2.25. The molecule has 4 rings (SSSR count). The number of imidazole rings is 1. The minimum Gasteiger partial charge on any atom is -0.480 e. The molecule has 0 spiro atoms. The summed E-state index contributed by atoms with van der Waals surface area (Å²) in [5, 5.41) is 24.2. The summed E-state index contributed by atoms with van der Waals surface area (Å²) in [5.74, 6) is -1.21. The zero-order valence-corrected chi connectivity index (χ0v) is 18.3. The third-order valence-electron chi connectivity index (χ3n) is 5.50. The van der Waals surface area contributed by atoms with E-state index in [0.29, 0.717) is 34.4 Å². The minimum absolute atomic E-state index is 0.332. The van der Waals surface area contributed by atoms with Gasteiger partial charge in [0.15, 0.2) is 6.33 Å². The van der Waals surface area contributed by atoms with Crippen LogP contribution in [0.4, 0.5) is 5.69 Å². The summed E-state index contributed by atoms with van der Waals surface area (Å²) in [6, 6.07) is 11.5. The fourth-order valence-electron chi connectivity index (χ4n) is 3.82. The molecule has 2 N–H and O–H groups in total. The molecular formula is C23H25N7O3. The van der Waals surface area contributed by atoms with Gasteiger partial charge in [0.25, 0.3) is 5.91 Å². The SMILES string of the molecule is CCCCCCC(C(=O)O)n1cnc2cc(NC(=O)c3ccccc3-n3ncnn3)ccc21. The summed E-state index contributed by atoms with van der Waals surface area (Å²) in [6.07, 6.45) is 7.45. The van der Waals surface area contributed by atoms with Crippen LogP contribution < -0.4 is 5.32 Å². The number of aliphatic carboxylic acids is 1. The van der Waals surface area contributed by atoms with Gasteiger partial charge in [0, 0.05) is 5.69 Å². The molecule has 0 aliphatic rings. The number of carboxylic acids is 1. The van der Waals surface area contributed by atoms with Crippen molar-refractivity contribution < 1.29 is 14.7 Å². The molecule has 0 saturated carbocycles. The first kappa shape index (κ1) is 22.1. The summed E-state index contributed by atoms with van der Waals surface area (Å²) in [5.41, 5.74) is 2.76. The maximum atomic E-state index is 12.9. The lowest BCUT2D eigenvalue weighted by Gasteiger charge is -2.15. The van der Waals surface area contributed by atoms with E-state index >= 15 is 0 Å². The first-order valence-corrected chi connectivity index (χ1v) is 10.9. The number of rotatable bonds is 10. The summed E-state index contributed by atoms with van der Waals surface area (Å²) in [4.78, 5) is 30.5. The lowest BCUT2D eigenvalue weighted by molar-refractivity contribution is -0.141. The zero-order valence-electron chi connectivity index (χ0n) is 18.3. The van der Waals surface area contributed by atoms with Crippen molar-refractivity contribution in [3.05, 3.63) is 60.7 Å². The number of hydrogen-bond acceptors (Lipinski definition) is 6. The number of aromatic nitrogens is 6. The molecular weight excluding hydrogens is 422 g/mol. The predicted molar refractivity (Wildman–Crippen MR) is 122 cm³/mol. The molecule has 1 unspecified atom stereocenters. The van der Waals surface area contributed by atoms with Crippen LogP contribution >= 0.6 is 0 Å². The van der Waals surface area contributed by atoms with Gasteiger partial charge in [-0.05, 0) is 42.0 Å². The number of carboxylic acid groups (broad SMARTS) is 1. The Bertz CT molecular complexity index is 1250. The monoisotopic (exact) mass is 447 g/mol. The molecule has 0 aliphatic carbocycles. The van der Waals surface area contributed by atoms with Gasteiger partial charge in [-0.2, -0.15) is 0 Å². The van der Waals surface area contributed by atoms with Crippen LogP contribution in [0.1, 0.15) is 55.4 Å². The Morgan fingerprint density at radius 2 is 1.97 bits per heavy atom. The Balaban J connectivity index is 1.54. The van der Waals surface area contributed by atoms with Gasteiger partial charge in [0.1, 0.15) is 11.7 Å². The Morgan fingerprint density at radius 1 is 1.12 bits per heavy atom. The fourth-order valence-corrected chi connectivity index (χ4v) is 3.82. The van der Waals surface area contributed by atoms with Crippen LogP contribution in [0.3, 0.4) is 0 Å². The summed E-state index contributed by atoms with van der Waals surface area (Å²) in [7, 11) is 0. The van der Waals surface area contributed by atoms with E-state index in [4.69, 9.17) is 0 Å². The lowest BCUT2D eigenvalue weighted by atomic mass is 10.1. The Morgan fingerprint density at radius 3 is 2.73 bits per heavy atom. The quantitative estimate of drug-likeness (QED) is 0.353. The van der Waals surface area contributed by atoms with Gasteiger partial charge in [0.2, 0.25) is 0 Å². The van der Waals surface area contributed by atoms with Gasteiger partial charge >= 0.3 is 5.97 Å². The molecule has 10 heteroatoms. The van der Waals surface area contributed by atoms with Crippen LogP contribution in [0.2, 0.25) is 0 Å². The number of fused-ring (bicyclic) bond motifs is 1. The second kappa shape index (κ2) is 10.0. The van der Waals surface area contributed by atoms with Gasteiger partial charge in [-0.15, -0.1) is 15.0 Å². The van der Waals surface area contributed by atoms with E-state index in [-0.39, 0.29) is 5.91 Å². The van der Waals surface area contributed by atoms with Crippen molar-refractivity contribution in [2.45, 2.75) is 45.1 Å². The molecule has 1 amide bonds. The van der Waals surface area contributed by atoms with Crippen LogP contribution in [0.15, 0.2) is 55.1 Å². The smallest absolute Gasteiger partial charge is 0.326 e. The summed E-state index contributed by atoms with van der Waals surface area (Å²) < 4.78 is 1.70. The third-order valence-corrected chi connectivity index (χ3v) is 5.50. The number of nitrogens with zero attached hydrogens (tertiary/aromatic N) is 6. The van der Waals surface area contributed by atoms with E-state index in [0.717, 1.165) is 25.7 Å². The van der Waals surface area contributed by atoms with E-state index in [9.17, 15) is 14.7 Å². The average molecular weight is 447 g/mol. The van der Waals surface area contributed by atoms with Crippen molar-refractivity contribution in [1.82, 2.24) is 29.8 Å². The first-order valence-electron chi connectivity index (χ1n) is 10.9. The molecule has 0 aliphatic heterocycles. The van der Waals surface area contributed by atoms with Crippen molar-refractivity contribution in [2.24, 2.45) is 0 Å².